The molecule has 2 N–H and O–H groups in total. The Morgan fingerprint density at radius 2 is 1.78 bits per heavy atom. The monoisotopic (exact) mass is 529 g/mol. The molecule has 1 saturated heterocycles. The number of halogens is 1. The molecular formula is C26H33ClN5O3P. The smallest absolute Gasteiger partial charge is 0.229 e. The van der Waals surface area contributed by atoms with Crippen molar-refractivity contribution in [1.82, 2.24) is 9.97 Å². The maximum Gasteiger partial charge on any atom is 0.229 e. The average Bonchev–Trinajstić information content (AvgIpc) is 2.83. The van der Waals surface area contributed by atoms with Crippen molar-refractivity contribution in [2.75, 3.05) is 62.3 Å². The van der Waals surface area contributed by atoms with Crippen molar-refractivity contribution in [2.24, 2.45) is 0 Å². The summed E-state index contributed by atoms with van der Waals surface area (Å²) in [5, 5.41) is 7.71. The molecule has 1 aliphatic rings. The molecule has 1 aromatic heterocycles. The van der Waals surface area contributed by atoms with Gasteiger partial charge in [-0.1, -0.05) is 17.7 Å². The lowest BCUT2D eigenvalue weighted by Gasteiger charge is -2.30. The zero-order chi connectivity index (χ0) is 26.0. The molecule has 36 heavy (non-hydrogen) atoms. The molecule has 3 aromatic rings. The van der Waals surface area contributed by atoms with E-state index >= 15 is 0 Å². The zero-order valence-corrected chi connectivity index (χ0v) is 23.3. The summed E-state index contributed by atoms with van der Waals surface area (Å²) in [7, 11) is -0.922. The summed E-state index contributed by atoms with van der Waals surface area (Å²) in [4.78, 5) is 11.3. The summed E-state index contributed by atoms with van der Waals surface area (Å²) >= 11 is 6.45. The minimum Gasteiger partial charge on any atom is -0.494 e. The molecule has 2 heterocycles. The first-order chi connectivity index (χ1) is 17.1. The van der Waals surface area contributed by atoms with Gasteiger partial charge >= 0.3 is 0 Å². The highest BCUT2D eigenvalue weighted by atomic mass is 35.5. The van der Waals surface area contributed by atoms with E-state index in [2.05, 4.69) is 32.4 Å². The molecule has 1 aliphatic heterocycles. The Morgan fingerprint density at radius 3 is 2.44 bits per heavy atom. The van der Waals surface area contributed by atoms with Gasteiger partial charge in [0.1, 0.15) is 17.9 Å². The molecular weight excluding hydrogens is 497 g/mol. The van der Waals surface area contributed by atoms with Crippen LogP contribution in [0.2, 0.25) is 5.02 Å². The lowest BCUT2D eigenvalue weighted by atomic mass is 10.1. The van der Waals surface area contributed by atoms with Crippen molar-refractivity contribution in [3.05, 3.63) is 52.2 Å². The van der Waals surface area contributed by atoms with Crippen LogP contribution in [0, 0.1) is 20.8 Å². The molecule has 10 heteroatoms. The molecule has 0 bridgehead atoms. The summed E-state index contributed by atoms with van der Waals surface area (Å²) in [6, 6.07) is 7.97. The summed E-state index contributed by atoms with van der Waals surface area (Å²) in [6.07, 6.45) is 1.54. The summed E-state index contributed by atoms with van der Waals surface area (Å²) in [6.45, 7) is 12.7. The molecule has 0 aliphatic carbocycles. The number of aromatic nitrogens is 2. The van der Waals surface area contributed by atoms with Crippen LogP contribution in [0.15, 0.2) is 30.5 Å². The normalized spacial score (nSPS) is 14.0. The van der Waals surface area contributed by atoms with Crippen LogP contribution in [0.4, 0.5) is 28.8 Å². The third kappa shape index (κ3) is 5.61. The third-order valence-corrected chi connectivity index (χ3v) is 8.28. The largest absolute Gasteiger partial charge is 0.494 e. The Hall–Kier alpha value is -2.80. The Balaban J connectivity index is 1.65. The van der Waals surface area contributed by atoms with Crippen molar-refractivity contribution < 1.29 is 14.0 Å². The van der Waals surface area contributed by atoms with Gasteiger partial charge in [-0.2, -0.15) is 4.98 Å². The van der Waals surface area contributed by atoms with Crippen molar-refractivity contribution in [2.45, 2.75) is 20.8 Å². The first-order valence-corrected chi connectivity index (χ1v) is 14.8. The van der Waals surface area contributed by atoms with Crippen LogP contribution < -0.4 is 25.6 Å². The maximum absolute atomic E-state index is 13.1. The Bertz CT molecular complexity index is 1320. The second-order valence-corrected chi connectivity index (χ2v) is 12.9. The van der Waals surface area contributed by atoms with E-state index in [-0.39, 0.29) is 0 Å². The summed E-state index contributed by atoms with van der Waals surface area (Å²) in [5.74, 6) is 1.47. The Labute approximate surface area is 217 Å². The second-order valence-electron chi connectivity index (χ2n) is 9.33. The molecule has 0 radical (unpaired) electrons. The lowest BCUT2D eigenvalue weighted by Crippen LogP contribution is -2.36. The van der Waals surface area contributed by atoms with E-state index in [4.69, 9.17) is 21.1 Å². The first-order valence-electron chi connectivity index (χ1n) is 11.8. The fraction of sp³-hybridized carbons (Fsp3) is 0.385. The third-order valence-electron chi connectivity index (χ3n) is 6.35. The molecule has 8 nitrogen and oxygen atoms in total. The lowest BCUT2D eigenvalue weighted by molar-refractivity contribution is 0.122. The van der Waals surface area contributed by atoms with Crippen LogP contribution in [-0.2, 0) is 9.30 Å². The van der Waals surface area contributed by atoms with Crippen LogP contribution in [0.1, 0.15) is 16.7 Å². The number of morpholine rings is 1. The predicted octanol–water partition coefficient (Wildman–Crippen LogP) is 5.64. The molecule has 0 saturated carbocycles. The average molecular weight is 530 g/mol. The molecule has 0 amide bonds. The topological polar surface area (TPSA) is 88.6 Å². The fourth-order valence-corrected chi connectivity index (χ4v) is 6.28. The number of anilines is 5. The number of ether oxygens (including phenoxy) is 2. The van der Waals surface area contributed by atoms with E-state index < -0.39 is 7.14 Å². The van der Waals surface area contributed by atoms with Crippen LogP contribution in [0.3, 0.4) is 0 Å². The predicted molar refractivity (Wildman–Crippen MR) is 149 cm³/mol. The minimum atomic E-state index is -2.56. The van der Waals surface area contributed by atoms with Gasteiger partial charge in [0, 0.05) is 30.1 Å². The number of hydrogen-bond donors (Lipinski definition) is 2. The first kappa shape index (κ1) is 26.3. The van der Waals surface area contributed by atoms with Crippen LogP contribution in [0.5, 0.6) is 5.75 Å². The molecule has 2 aromatic carbocycles. The highest BCUT2D eigenvalue weighted by Crippen LogP contribution is 2.41. The number of nitrogens with zero attached hydrogens (tertiary/aromatic N) is 3. The number of methoxy groups -OCH3 is 1. The molecule has 1 fully saturated rings. The fourth-order valence-electron chi connectivity index (χ4n) is 4.45. The van der Waals surface area contributed by atoms with E-state index in [9.17, 15) is 4.57 Å². The van der Waals surface area contributed by atoms with Gasteiger partial charge in [-0.15, -0.1) is 0 Å². The van der Waals surface area contributed by atoms with Gasteiger partial charge in [-0.25, -0.2) is 4.98 Å². The quantitative estimate of drug-likeness (QED) is 0.380. The number of hydrogen-bond acceptors (Lipinski definition) is 8. The molecule has 0 atom stereocenters. The van der Waals surface area contributed by atoms with Crippen LogP contribution in [-0.4, -0.2) is 56.7 Å². The van der Waals surface area contributed by atoms with E-state index in [1.807, 2.05) is 38.1 Å². The highest BCUT2D eigenvalue weighted by molar-refractivity contribution is 7.70. The van der Waals surface area contributed by atoms with Crippen molar-refractivity contribution in [3.8, 4) is 5.75 Å². The van der Waals surface area contributed by atoms with Gasteiger partial charge in [0.2, 0.25) is 5.95 Å². The number of nitrogens with one attached hydrogen (secondary N) is 2. The highest BCUT2D eigenvalue weighted by Gasteiger charge is 2.22. The number of rotatable bonds is 7. The Kier molecular flexibility index (Phi) is 7.79. The van der Waals surface area contributed by atoms with Gasteiger partial charge in [0.05, 0.1) is 37.9 Å². The van der Waals surface area contributed by atoms with Crippen molar-refractivity contribution in [3.63, 3.8) is 0 Å². The van der Waals surface area contributed by atoms with Gasteiger partial charge in [-0.05, 0) is 62.9 Å². The SMILES string of the molecule is COc1cc(N2CCOCC2)c(C)cc1Nc1ncc(Cl)c(Nc2ccc(C)c(C)c2P(C)(C)=O)n1. The van der Waals surface area contributed by atoms with Crippen molar-refractivity contribution >= 4 is 52.9 Å². The maximum atomic E-state index is 13.1. The summed E-state index contributed by atoms with van der Waals surface area (Å²) in [5.41, 5.74) is 5.77. The summed E-state index contributed by atoms with van der Waals surface area (Å²) < 4.78 is 24.3. The molecule has 4 rings (SSSR count). The second kappa shape index (κ2) is 10.7. The molecule has 0 spiro atoms. The van der Waals surface area contributed by atoms with E-state index in [0.717, 1.165) is 52.1 Å². The molecule has 0 unspecified atom stereocenters. The van der Waals surface area contributed by atoms with Gasteiger partial charge in [0.25, 0.3) is 0 Å². The van der Waals surface area contributed by atoms with Gasteiger partial charge in [0.15, 0.2) is 5.82 Å². The van der Waals surface area contributed by atoms with Gasteiger partial charge in [-0.3, -0.25) is 0 Å². The standard InChI is InChI=1S/C26H33ClN5O3P/c1-16-7-8-20(24(18(16)3)36(5,6)33)29-25-19(27)15-28-26(31-25)30-21-13-17(2)22(14-23(21)34-4)32-9-11-35-12-10-32/h7-8,13-15H,9-12H2,1-6H3,(H2,28,29,30,31). The van der Waals surface area contributed by atoms with Crippen molar-refractivity contribution in [1.29, 1.82) is 0 Å². The Morgan fingerprint density at radius 1 is 1.06 bits per heavy atom. The zero-order valence-electron chi connectivity index (χ0n) is 21.6. The molecule has 192 valence electrons. The van der Waals surface area contributed by atoms with E-state index in [1.165, 1.54) is 0 Å². The van der Waals surface area contributed by atoms with E-state index in [0.29, 0.717) is 35.8 Å². The number of aryl methyl sites for hydroxylation is 2. The minimum absolute atomic E-state index is 0.359. The number of benzene rings is 2. The van der Waals surface area contributed by atoms with Crippen LogP contribution >= 0.6 is 18.7 Å². The van der Waals surface area contributed by atoms with E-state index in [1.54, 1.807) is 26.6 Å². The van der Waals surface area contributed by atoms with Crippen LogP contribution in [0.25, 0.3) is 0 Å². The van der Waals surface area contributed by atoms with Gasteiger partial charge < -0.3 is 29.6 Å².